The second kappa shape index (κ2) is 8.74. The summed E-state index contributed by atoms with van der Waals surface area (Å²) in [5, 5.41) is 3.19. The summed E-state index contributed by atoms with van der Waals surface area (Å²) in [4.78, 5) is 19.8. The van der Waals surface area contributed by atoms with Crippen LogP contribution in [0.3, 0.4) is 0 Å². The first kappa shape index (κ1) is 19.6. The van der Waals surface area contributed by atoms with Crippen molar-refractivity contribution in [2.24, 2.45) is 0 Å². The van der Waals surface area contributed by atoms with Crippen LogP contribution in [0.5, 0.6) is 5.75 Å². The predicted molar refractivity (Wildman–Crippen MR) is 117 cm³/mol. The van der Waals surface area contributed by atoms with Crippen molar-refractivity contribution >= 4 is 17.4 Å². The van der Waals surface area contributed by atoms with Crippen LogP contribution < -0.4 is 15.0 Å². The molecule has 1 N–H and O–H groups in total. The Bertz CT molecular complexity index is 831. The number of amides is 2. The molecule has 2 heterocycles. The predicted octanol–water partition coefficient (Wildman–Crippen LogP) is 3.82. The monoisotopic (exact) mass is 394 g/mol. The number of likely N-dealkylation sites (tertiary alicyclic amines) is 1. The normalized spacial score (nSPS) is 20.0. The Balaban J connectivity index is 1.48. The molecular weight excluding hydrogens is 364 g/mol. The molecule has 4 rings (SSSR count). The van der Waals surface area contributed by atoms with Crippen molar-refractivity contribution in [3.05, 3.63) is 54.1 Å². The molecule has 2 aliphatic heterocycles. The summed E-state index contributed by atoms with van der Waals surface area (Å²) in [5.74, 6) is 0.837. The SMILES string of the molecule is COc1ccc(C2CCCN2C(=O)Nc2ccccc2N2CCN(C)CC2)cc1. The second-order valence-corrected chi connectivity index (χ2v) is 7.86. The maximum absolute atomic E-state index is 13.2. The summed E-state index contributed by atoms with van der Waals surface area (Å²) in [5.41, 5.74) is 3.15. The van der Waals surface area contributed by atoms with E-state index in [0.29, 0.717) is 0 Å². The number of hydrogen-bond donors (Lipinski definition) is 1. The fourth-order valence-electron chi connectivity index (χ4n) is 4.27. The lowest BCUT2D eigenvalue weighted by Crippen LogP contribution is -2.45. The van der Waals surface area contributed by atoms with Crippen LogP contribution in [0.2, 0.25) is 0 Å². The van der Waals surface area contributed by atoms with Gasteiger partial charge in [0.15, 0.2) is 0 Å². The van der Waals surface area contributed by atoms with Crippen LogP contribution >= 0.6 is 0 Å². The number of carbonyl (C=O) groups is 1. The van der Waals surface area contributed by atoms with Crippen LogP contribution in [-0.2, 0) is 0 Å². The Kier molecular flexibility index (Phi) is 5.90. The van der Waals surface area contributed by atoms with E-state index in [1.807, 2.05) is 35.2 Å². The van der Waals surface area contributed by atoms with Crippen molar-refractivity contribution < 1.29 is 9.53 Å². The van der Waals surface area contributed by atoms with E-state index in [2.05, 4.69) is 40.4 Å². The van der Waals surface area contributed by atoms with Gasteiger partial charge in [-0.3, -0.25) is 0 Å². The molecule has 2 amide bonds. The topological polar surface area (TPSA) is 48.1 Å². The summed E-state index contributed by atoms with van der Waals surface area (Å²) in [6.45, 7) is 4.80. The van der Waals surface area contributed by atoms with Gasteiger partial charge in [0.2, 0.25) is 0 Å². The molecule has 1 atom stereocenters. The first-order valence-electron chi connectivity index (χ1n) is 10.4. The fourth-order valence-corrected chi connectivity index (χ4v) is 4.27. The second-order valence-electron chi connectivity index (χ2n) is 7.86. The van der Waals surface area contributed by atoms with E-state index in [9.17, 15) is 4.79 Å². The smallest absolute Gasteiger partial charge is 0.322 e. The third kappa shape index (κ3) is 4.32. The maximum Gasteiger partial charge on any atom is 0.322 e. The standard InChI is InChI=1S/C23H30N4O2/c1-25-14-16-26(17-15-25)22-7-4-3-6-20(22)24-23(28)27-13-5-8-21(27)18-9-11-19(29-2)12-10-18/h3-4,6-7,9-12,21H,5,8,13-17H2,1-2H3,(H,24,28). The number of para-hydroxylation sites is 2. The maximum atomic E-state index is 13.2. The number of carbonyl (C=O) groups excluding carboxylic acids is 1. The Morgan fingerprint density at radius 1 is 1.00 bits per heavy atom. The molecule has 6 nitrogen and oxygen atoms in total. The summed E-state index contributed by atoms with van der Waals surface area (Å²) in [7, 11) is 3.82. The van der Waals surface area contributed by atoms with Crippen LogP contribution in [0.15, 0.2) is 48.5 Å². The Hall–Kier alpha value is -2.73. The van der Waals surface area contributed by atoms with Gasteiger partial charge in [-0.1, -0.05) is 24.3 Å². The van der Waals surface area contributed by atoms with Gasteiger partial charge in [-0.25, -0.2) is 4.79 Å². The first-order chi connectivity index (χ1) is 14.2. The number of methoxy groups -OCH3 is 1. The van der Waals surface area contributed by atoms with E-state index in [0.717, 1.165) is 68.3 Å². The summed E-state index contributed by atoms with van der Waals surface area (Å²) < 4.78 is 5.26. The van der Waals surface area contributed by atoms with Crippen molar-refractivity contribution in [2.45, 2.75) is 18.9 Å². The van der Waals surface area contributed by atoms with E-state index >= 15 is 0 Å². The molecule has 0 radical (unpaired) electrons. The number of anilines is 2. The first-order valence-corrected chi connectivity index (χ1v) is 10.4. The molecule has 0 bridgehead atoms. The van der Waals surface area contributed by atoms with Crippen molar-refractivity contribution in [1.29, 1.82) is 0 Å². The van der Waals surface area contributed by atoms with Gasteiger partial charge in [-0.05, 0) is 49.7 Å². The summed E-state index contributed by atoms with van der Waals surface area (Å²) in [6, 6.07) is 16.3. The molecule has 2 aromatic carbocycles. The number of benzene rings is 2. The van der Waals surface area contributed by atoms with Crippen molar-refractivity contribution in [2.75, 3.05) is 57.1 Å². The number of ether oxygens (including phenoxy) is 1. The van der Waals surface area contributed by atoms with Gasteiger partial charge in [0.1, 0.15) is 5.75 Å². The van der Waals surface area contributed by atoms with Crippen LogP contribution in [0.4, 0.5) is 16.2 Å². The minimum atomic E-state index is -0.0232. The molecular formula is C23H30N4O2. The Labute approximate surface area is 173 Å². The van der Waals surface area contributed by atoms with Crippen molar-refractivity contribution in [3.8, 4) is 5.75 Å². The van der Waals surface area contributed by atoms with Gasteiger partial charge in [-0.15, -0.1) is 0 Å². The molecule has 1 unspecified atom stereocenters. The van der Waals surface area contributed by atoms with E-state index in [1.54, 1.807) is 7.11 Å². The third-order valence-electron chi connectivity index (χ3n) is 6.00. The average molecular weight is 395 g/mol. The zero-order valence-corrected chi connectivity index (χ0v) is 17.3. The molecule has 2 fully saturated rings. The largest absolute Gasteiger partial charge is 0.497 e. The van der Waals surface area contributed by atoms with Gasteiger partial charge in [0.05, 0.1) is 24.5 Å². The minimum Gasteiger partial charge on any atom is -0.497 e. The zero-order valence-electron chi connectivity index (χ0n) is 17.3. The van der Waals surface area contributed by atoms with E-state index in [-0.39, 0.29) is 12.1 Å². The van der Waals surface area contributed by atoms with E-state index < -0.39 is 0 Å². The number of rotatable bonds is 4. The van der Waals surface area contributed by atoms with E-state index in [4.69, 9.17) is 4.74 Å². The quantitative estimate of drug-likeness (QED) is 0.857. The van der Waals surface area contributed by atoms with Crippen molar-refractivity contribution in [3.63, 3.8) is 0 Å². The highest BCUT2D eigenvalue weighted by Gasteiger charge is 2.30. The van der Waals surface area contributed by atoms with Crippen LogP contribution in [0, 0.1) is 0 Å². The molecule has 0 saturated carbocycles. The fraction of sp³-hybridized carbons (Fsp3) is 0.435. The van der Waals surface area contributed by atoms with Gasteiger partial charge in [0, 0.05) is 32.7 Å². The molecule has 2 aliphatic rings. The molecule has 29 heavy (non-hydrogen) atoms. The lowest BCUT2D eigenvalue weighted by molar-refractivity contribution is 0.207. The molecule has 0 aliphatic carbocycles. The van der Waals surface area contributed by atoms with Crippen molar-refractivity contribution in [1.82, 2.24) is 9.80 Å². The number of piperazine rings is 1. The third-order valence-corrected chi connectivity index (χ3v) is 6.00. The highest BCUT2D eigenvalue weighted by Crippen LogP contribution is 2.34. The number of hydrogen-bond acceptors (Lipinski definition) is 4. The highest BCUT2D eigenvalue weighted by molar-refractivity contribution is 5.93. The van der Waals surface area contributed by atoms with Gasteiger partial charge < -0.3 is 24.8 Å². The molecule has 0 spiro atoms. The molecule has 2 saturated heterocycles. The zero-order chi connectivity index (χ0) is 20.2. The van der Waals surface area contributed by atoms with Crippen LogP contribution in [0.1, 0.15) is 24.4 Å². The molecule has 2 aromatic rings. The molecule has 0 aromatic heterocycles. The van der Waals surface area contributed by atoms with E-state index in [1.165, 1.54) is 0 Å². The minimum absolute atomic E-state index is 0.0232. The number of nitrogens with zero attached hydrogens (tertiary/aromatic N) is 3. The Morgan fingerprint density at radius 2 is 1.72 bits per heavy atom. The van der Waals surface area contributed by atoms with Gasteiger partial charge >= 0.3 is 6.03 Å². The lowest BCUT2D eigenvalue weighted by Gasteiger charge is -2.35. The number of nitrogens with one attached hydrogen (secondary N) is 1. The lowest BCUT2D eigenvalue weighted by atomic mass is 10.0. The van der Waals surface area contributed by atoms with Crippen LogP contribution in [-0.4, -0.2) is 62.7 Å². The Morgan fingerprint density at radius 3 is 2.45 bits per heavy atom. The summed E-state index contributed by atoms with van der Waals surface area (Å²) in [6.07, 6.45) is 2.00. The highest BCUT2D eigenvalue weighted by atomic mass is 16.5. The van der Waals surface area contributed by atoms with Gasteiger partial charge in [0.25, 0.3) is 0 Å². The molecule has 6 heteroatoms. The molecule has 154 valence electrons. The average Bonchev–Trinajstić information content (AvgIpc) is 3.25. The summed E-state index contributed by atoms with van der Waals surface area (Å²) >= 11 is 0. The van der Waals surface area contributed by atoms with Crippen LogP contribution in [0.25, 0.3) is 0 Å². The number of urea groups is 1. The van der Waals surface area contributed by atoms with Gasteiger partial charge in [-0.2, -0.15) is 0 Å². The number of likely N-dealkylation sites (N-methyl/N-ethyl adjacent to an activating group) is 1.